The second kappa shape index (κ2) is 1.41. The quantitative estimate of drug-likeness (QED) is 0.362. The fourth-order valence-corrected chi connectivity index (χ4v) is 0. The van der Waals surface area contributed by atoms with Crippen LogP contribution >= 0.6 is 6.29 Å². The molecular formula is H2O3PSe. The summed E-state index contributed by atoms with van der Waals surface area (Å²) < 4.78 is 9.27. The Labute approximate surface area is 37.0 Å². The maximum absolute atomic E-state index is 9.27. The molecule has 0 amide bonds. The van der Waals surface area contributed by atoms with Gasteiger partial charge < -0.3 is 0 Å². The molecule has 5 heteroatoms. The van der Waals surface area contributed by atoms with Gasteiger partial charge in [-0.3, -0.25) is 0 Å². The Morgan fingerprint density at radius 2 is 1.60 bits per heavy atom. The van der Waals surface area contributed by atoms with Gasteiger partial charge in [0.2, 0.25) is 0 Å². The normalized spacial score (nSPS) is 11.8. The van der Waals surface area contributed by atoms with Crippen LogP contribution in [0.1, 0.15) is 0 Å². The molecule has 0 atom stereocenters. The van der Waals surface area contributed by atoms with Gasteiger partial charge in [0.15, 0.2) is 0 Å². The third-order valence-electron chi connectivity index (χ3n) is 0. The summed E-state index contributed by atoms with van der Waals surface area (Å²) in [7, 11) is 0. The van der Waals surface area contributed by atoms with Crippen LogP contribution in [0, 0.1) is 0 Å². The van der Waals surface area contributed by atoms with E-state index in [0.717, 1.165) is 0 Å². The summed E-state index contributed by atoms with van der Waals surface area (Å²) in [4.78, 5) is 15.2. The Morgan fingerprint density at radius 1 is 1.60 bits per heavy atom. The molecule has 31 valence electrons. The Bertz CT molecular complexity index is 53.0. The Balaban J connectivity index is 3.47. The monoisotopic (exact) mass is 161 g/mol. The zero-order valence-corrected chi connectivity index (χ0v) is 4.77. The predicted octanol–water partition coefficient (Wildman–Crippen LogP) is -0.752. The van der Waals surface area contributed by atoms with E-state index in [2.05, 4.69) is 0 Å². The average molecular weight is 160 g/mol. The summed E-state index contributed by atoms with van der Waals surface area (Å²) in [6, 6.07) is 0. The molecule has 0 heterocycles. The van der Waals surface area contributed by atoms with E-state index in [1.54, 1.807) is 15.6 Å². The molecule has 1 radical (unpaired) electrons. The minimum atomic E-state index is -3.76. The van der Waals surface area contributed by atoms with E-state index in [9.17, 15) is 4.57 Å². The van der Waals surface area contributed by atoms with Crippen molar-refractivity contribution in [3.8, 4) is 0 Å². The summed E-state index contributed by atoms with van der Waals surface area (Å²) in [5.74, 6) is 0. The summed E-state index contributed by atoms with van der Waals surface area (Å²) in [6.07, 6.45) is -3.76. The topological polar surface area (TPSA) is 57.5 Å². The second-order valence-corrected chi connectivity index (χ2v) is 4.47. The van der Waals surface area contributed by atoms with Crippen LogP contribution in [0.15, 0.2) is 0 Å². The Hall–Kier alpha value is 0.669. The van der Waals surface area contributed by atoms with Gasteiger partial charge in [0, 0.05) is 0 Å². The molecule has 0 unspecified atom stereocenters. The van der Waals surface area contributed by atoms with Crippen molar-refractivity contribution in [1.82, 2.24) is 0 Å². The van der Waals surface area contributed by atoms with Gasteiger partial charge in [0.1, 0.15) is 0 Å². The van der Waals surface area contributed by atoms with E-state index < -0.39 is 6.29 Å². The van der Waals surface area contributed by atoms with E-state index in [0.29, 0.717) is 0 Å². The first-order valence-electron chi connectivity index (χ1n) is 0.765. The molecule has 0 saturated heterocycles. The van der Waals surface area contributed by atoms with Crippen LogP contribution in [-0.2, 0) is 4.57 Å². The third-order valence-corrected chi connectivity index (χ3v) is 0. The maximum atomic E-state index is 9.27. The van der Waals surface area contributed by atoms with Crippen LogP contribution < -0.4 is 0 Å². The molecule has 0 rings (SSSR count). The van der Waals surface area contributed by atoms with E-state index in [1.165, 1.54) is 0 Å². The van der Waals surface area contributed by atoms with E-state index in [4.69, 9.17) is 9.79 Å². The Kier molecular flexibility index (Phi) is 1.60. The molecular weight excluding hydrogens is 158 g/mol. The van der Waals surface area contributed by atoms with Gasteiger partial charge in [-0.1, -0.05) is 0 Å². The summed E-state index contributed by atoms with van der Waals surface area (Å²) in [5, 5.41) is 0. The van der Waals surface area contributed by atoms with Crippen molar-refractivity contribution >= 4 is 21.9 Å². The first-order valence-corrected chi connectivity index (χ1v) is 4.59. The molecule has 0 aliphatic carbocycles. The number of hydrogen-bond acceptors (Lipinski definition) is 1. The molecule has 0 aromatic rings. The summed E-state index contributed by atoms with van der Waals surface area (Å²) in [6.45, 7) is 0. The fourth-order valence-electron chi connectivity index (χ4n) is 0. The van der Waals surface area contributed by atoms with Crippen molar-refractivity contribution in [3.63, 3.8) is 0 Å². The summed E-state index contributed by atoms with van der Waals surface area (Å²) in [5.41, 5.74) is 0. The van der Waals surface area contributed by atoms with Gasteiger partial charge in [-0.2, -0.15) is 0 Å². The number of rotatable bonds is 0. The zero-order valence-electron chi connectivity index (χ0n) is 2.16. The van der Waals surface area contributed by atoms with Gasteiger partial charge in [-0.05, 0) is 0 Å². The molecule has 0 fully saturated rings. The standard InChI is InChI=1S/H2O3PSe/c1-4(2,3)5/h(H2,1,2,3). The van der Waals surface area contributed by atoms with E-state index >= 15 is 0 Å². The van der Waals surface area contributed by atoms with E-state index in [-0.39, 0.29) is 0 Å². The first kappa shape index (κ1) is 5.67. The van der Waals surface area contributed by atoms with Gasteiger partial charge in [0.25, 0.3) is 0 Å². The number of hydrogen-bond donors (Lipinski definition) is 2. The molecule has 3 nitrogen and oxygen atoms in total. The predicted molar refractivity (Wildman–Crippen MR) is 17.8 cm³/mol. The fraction of sp³-hybridized carbons (Fsp3) is 0. The van der Waals surface area contributed by atoms with Crippen LogP contribution in [0.5, 0.6) is 0 Å². The molecule has 0 aromatic carbocycles. The van der Waals surface area contributed by atoms with E-state index in [1.807, 2.05) is 0 Å². The van der Waals surface area contributed by atoms with Crippen molar-refractivity contribution in [2.75, 3.05) is 0 Å². The Morgan fingerprint density at radius 3 is 1.60 bits per heavy atom. The van der Waals surface area contributed by atoms with Crippen molar-refractivity contribution in [1.29, 1.82) is 0 Å². The molecule has 0 saturated carbocycles. The zero-order chi connectivity index (χ0) is 4.50. The van der Waals surface area contributed by atoms with Crippen molar-refractivity contribution in [2.45, 2.75) is 0 Å². The van der Waals surface area contributed by atoms with Gasteiger partial charge >= 0.3 is 36.2 Å². The van der Waals surface area contributed by atoms with Crippen molar-refractivity contribution < 1.29 is 14.4 Å². The van der Waals surface area contributed by atoms with Crippen LogP contribution in [0.4, 0.5) is 0 Å². The minimum absolute atomic E-state index is 1.65. The van der Waals surface area contributed by atoms with Crippen molar-refractivity contribution in [2.24, 2.45) is 0 Å². The molecule has 0 aromatic heterocycles. The van der Waals surface area contributed by atoms with Gasteiger partial charge in [0.05, 0.1) is 0 Å². The van der Waals surface area contributed by atoms with Gasteiger partial charge in [-0.15, -0.1) is 0 Å². The molecule has 0 aliphatic heterocycles. The molecule has 5 heavy (non-hydrogen) atoms. The average Bonchev–Trinajstić information content (AvgIpc) is 0.722. The van der Waals surface area contributed by atoms with Crippen LogP contribution in [-0.4, -0.2) is 25.4 Å². The van der Waals surface area contributed by atoms with Crippen molar-refractivity contribution in [3.05, 3.63) is 0 Å². The molecule has 0 bridgehead atoms. The van der Waals surface area contributed by atoms with Crippen LogP contribution in [0.25, 0.3) is 0 Å². The first-order chi connectivity index (χ1) is 2.00. The third kappa shape index (κ3) is 74.2. The van der Waals surface area contributed by atoms with Crippen LogP contribution in [0.3, 0.4) is 0 Å². The van der Waals surface area contributed by atoms with Gasteiger partial charge in [-0.25, -0.2) is 0 Å². The second-order valence-electron chi connectivity index (χ2n) is 0.491. The summed E-state index contributed by atoms with van der Waals surface area (Å²) >= 11 is 1.65. The molecule has 0 spiro atoms. The van der Waals surface area contributed by atoms with Crippen LogP contribution in [0.2, 0.25) is 0 Å². The SMILES string of the molecule is O=P(O)(O)[Se]. The molecule has 2 N–H and O–H groups in total. The molecule has 0 aliphatic rings.